The summed E-state index contributed by atoms with van der Waals surface area (Å²) in [5, 5.41) is 9.10. The number of nitriles is 1. The topological polar surface area (TPSA) is 27.0 Å². The van der Waals surface area contributed by atoms with Crippen molar-refractivity contribution < 1.29 is 4.39 Å². The summed E-state index contributed by atoms with van der Waals surface area (Å²) in [4.78, 5) is 2.20. The average Bonchev–Trinajstić information content (AvgIpc) is 2.33. The van der Waals surface area contributed by atoms with Gasteiger partial charge in [0.25, 0.3) is 0 Å². The molecule has 0 saturated carbocycles. The number of aryl methyl sites for hydroxylation is 1. The second kappa shape index (κ2) is 5.29. The summed E-state index contributed by atoms with van der Waals surface area (Å²) in [5.74, 6) is -0.193. The third kappa shape index (κ3) is 2.83. The van der Waals surface area contributed by atoms with Gasteiger partial charge >= 0.3 is 0 Å². The first-order chi connectivity index (χ1) is 8.20. The minimum Gasteiger partial charge on any atom is -0.284 e. The highest BCUT2D eigenvalue weighted by atomic mass is 19.1. The molecule has 17 heavy (non-hydrogen) atoms. The summed E-state index contributed by atoms with van der Waals surface area (Å²) in [6.45, 7) is 3.64. The van der Waals surface area contributed by atoms with Crippen molar-refractivity contribution in [2.24, 2.45) is 0 Å². The summed E-state index contributed by atoms with van der Waals surface area (Å²) in [7, 11) is 0. The van der Waals surface area contributed by atoms with Gasteiger partial charge in [-0.3, -0.25) is 4.90 Å². The van der Waals surface area contributed by atoms with E-state index in [1.54, 1.807) is 6.07 Å². The van der Waals surface area contributed by atoms with E-state index in [9.17, 15) is 4.39 Å². The van der Waals surface area contributed by atoms with Crippen LogP contribution >= 0.6 is 0 Å². The fraction of sp³-hybridized carbons (Fsp3) is 0.500. The minimum absolute atomic E-state index is 0.0215. The molecule has 1 saturated heterocycles. The molecule has 1 heterocycles. The Balaban J connectivity index is 2.11. The summed E-state index contributed by atoms with van der Waals surface area (Å²) in [6, 6.07) is 7.26. The third-order valence-electron chi connectivity index (χ3n) is 3.44. The summed E-state index contributed by atoms with van der Waals surface area (Å²) < 4.78 is 13.0. The van der Waals surface area contributed by atoms with Crippen molar-refractivity contribution in [3.8, 4) is 6.07 Å². The molecule has 1 aromatic rings. The van der Waals surface area contributed by atoms with Gasteiger partial charge in [0.15, 0.2) is 0 Å². The number of hydrogen-bond acceptors (Lipinski definition) is 2. The summed E-state index contributed by atoms with van der Waals surface area (Å²) >= 11 is 0. The Morgan fingerprint density at radius 3 is 3.00 bits per heavy atom. The Morgan fingerprint density at radius 1 is 1.47 bits per heavy atom. The number of nitrogens with zero attached hydrogens (tertiary/aromatic N) is 2. The molecular formula is C14H17FN2. The van der Waals surface area contributed by atoms with E-state index >= 15 is 0 Å². The van der Waals surface area contributed by atoms with Crippen molar-refractivity contribution in [2.75, 3.05) is 6.54 Å². The smallest absolute Gasteiger partial charge is 0.123 e. The van der Waals surface area contributed by atoms with Gasteiger partial charge in [-0.2, -0.15) is 5.26 Å². The zero-order chi connectivity index (χ0) is 12.3. The number of hydrogen-bond donors (Lipinski definition) is 0. The van der Waals surface area contributed by atoms with Crippen LogP contribution in [0.15, 0.2) is 18.2 Å². The number of likely N-dealkylation sites (tertiary alicyclic amines) is 1. The number of piperidine rings is 1. The standard InChI is InChI=1S/C14H17FN2/c1-11-8-13(15)6-5-12(11)10-17-7-3-2-4-14(17)9-16/h5-6,8,14H,2-4,7,10H2,1H3. The van der Waals surface area contributed by atoms with Crippen LogP contribution in [0.3, 0.4) is 0 Å². The Kier molecular flexibility index (Phi) is 3.75. The number of halogens is 1. The SMILES string of the molecule is Cc1cc(F)ccc1CN1CCCCC1C#N. The molecule has 1 aliphatic heterocycles. The van der Waals surface area contributed by atoms with Crippen molar-refractivity contribution in [2.45, 2.75) is 38.8 Å². The van der Waals surface area contributed by atoms with Gasteiger partial charge in [0, 0.05) is 6.54 Å². The van der Waals surface area contributed by atoms with E-state index in [-0.39, 0.29) is 11.9 Å². The molecule has 1 aliphatic rings. The van der Waals surface area contributed by atoms with Gasteiger partial charge in [0.05, 0.1) is 12.1 Å². The molecule has 1 atom stereocenters. The average molecular weight is 232 g/mol. The quantitative estimate of drug-likeness (QED) is 0.783. The zero-order valence-corrected chi connectivity index (χ0v) is 10.1. The first-order valence-corrected chi connectivity index (χ1v) is 6.09. The van der Waals surface area contributed by atoms with Crippen LogP contribution in [0, 0.1) is 24.1 Å². The number of benzene rings is 1. The maximum atomic E-state index is 13.0. The van der Waals surface area contributed by atoms with E-state index in [0.717, 1.165) is 43.5 Å². The molecule has 0 bridgehead atoms. The predicted octanol–water partition coefficient (Wildman–Crippen LogP) is 3.01. The molecule has 0 radical (unpaired) electrons. The summed E-state index contributed by atoms with van der Waals surface area (Å²) in [5.41, 5.74) is 2.08. The summed E-state index contributed by atoms with van der Waals surface area (Å²) in [6.07, 6.45) is 3.24. The van der Waals surface area contributed by atoms with Crippen LogP contribution in [-0.2, 0) is 6.54 Å². The molecule has 0 amide bonds. The zero-order valence-electron chi connectivity index (χ0n) is 10.1. The lowest BCUT2D eigenvalue weighted by Gasteiger charge is -2.31. The maximum Gasteiger partial charge on any atom is 0.123 e. The normalized spacial score (nSPS) is 21.1. The fourth-order valence-electron chi connectivity index (χ4n) is 2.38. The monoisotopic (exact) mass is 232 g/mol. The van der Waals surface area contributed by atoms with Crippen LogP contribution in [0.25, 0.3) is 0 Å². The second-order valence-electron chi connectivity index (χ2n) is 4.68. The van der Waals surface area contributed by atoms with Crippen LogP contribution in [0.4, 0.5) is 4.39 Å². The molecule has 0 aliphatic carbocycles. The van der Waals surface area contributed by atoms with Crippen molar-refractivity contribution in [1.82, 2.24) is 4.90 Å². The highest BCUT2D eigenvalue weighted by molar-refractivity contribution is 5.26. The Bertz CT molecular complexity index is 436. The van der Waals surface area contributed by atoms with Crippen LogP contribution in [0.1, 0.15) is 30.4 Å². The second-order valence-corrected chi connectivity index (χ2v) is 4.68. The lowest BCUT2D eigenvalue weighted by molar-refractivity contribution is 0.176. The molecule has 2 rings (SSSR count). The molecule has 1 unspecified atom stereocenters. The van der Waals surface area contributed by atoms with Crippen molar-refractivity contribution in [3.05, 3.63) is 35.1 Å². The maximum absolute atomic E-state index is 13.0. The predicted molar refractivity (Wildman–Crippen MR) is 64.8 cm³/mol. The van der Waals surface area contributed by atoms with Gasteiger partial charge in [-0.25, -0.2) is 4.39 Å². The van der Waals surface area contributed by atoms with Gasteiger partial charge in [-0.1, -0.05) is 6.07 Å². The van der Waals surface area contributed by atoms with E-state index in [4.69, 9.17) is 5.26 Å². The van der Waals surface area contributed by atoms with Crippen LogP contribution in [0.2, 0.25) is 0 Å². The fourth-order valence-corrected chi connectivity index (χ4v) is 2.38. The molecule has 0 N–H and O–H groups in total. The van der Waals surface area contributed by atoms with Crippen molar-refractivity contribution in [1.29, 1.82) is 5.26 Å². The van der Waals surface area contributed by atoms with Gasteiger partial charge in [-0.05, 0) is 56.0 Å². The van der Waals surface area contributed by atoms with Gasteiger partial charge in [-0.15, -0.1) is 0 Å². The van der Waals surface area contributed by atoms with Gasteiger partial charge in [0.2, 0.25) is 0 Å². The lowest BCUT2D eigenvalue weighted by atomic mass is 10.0. The molecule has 0 spiro atoms. The van der Waals surface area contributed by atoms with E-state index in [1.165, 1.54) is 6.07 Å². The van der Waals surface area contributed by atoms with E-state index in [1.807, 2.05) is 13.0 Å². The molecule has 90 valence electrons. The Labute approximate surface area is 102 Å². The molecule has 1 fully saturated rings. The Hall–Kier alpha value is -1.40. The van der Waals surface area contributed by atoms with E-state index < -0.39 is 0 Å². The molecular weight excluding hydrogens is 215 g/mol. The van der Waals surface area contributed by atoms with Crippen molar-refractivity contribution >= 4 is 0 Å². The van der Waals surface area contributed by atoms with Crippen molar-refractivity contribution in [3.63, 3.8) is 0 Å². The van der Waals surface area contributed by atoms with E-state index in [2.05, 4.69) is 11.0 Å². The first-order valence-electron chi connectivity index (χ1n) is 6.09. The first kappa shape index (κ1) is 12.1. The van der Waals surface area contributed by atoms with Gasteiger partial charge in [0.1, 0.15) is 5.82 Å². The third-order valence-corrected chi connectivity index (χ3v) is 3.44. The molecule has 2 nitrogen and oxygen atoms in total. The van der Waals surface area contributed by atoms with Gasteiger partial charge < -0.3 is 0 Å². The molecule has 0 aromatic heterocycles. The lowest BCUT2D eigenvalue weighted by Crippen LogP contribution is -2.38. The van der Waals surface area contributed by atoms with Crippen LogP contribution in [-0.4, -0.2) is 17.5 Å². The molecule has 1 aromatic carbocycles. The van der Waals surface area contributed by atoms with Crippen LogP contribution < -0.4 is 0 Å². The number of rotatable bonds is 2. The largest absolute Gasteiger partial charge is 0.284 e. The highest BCUT2D eigenvalue weighted by Gasteiger charge is 2.22. The molecule has 3 heteroatoms. The van der Waals surface area contributed by atoms with Crippen LogP contribution in [0.5, 0.6) is 0 Å². The Morgan fingerprint density at radius 2 is 2.29 bits per heavy atom. The van der Waals surface area contributed by atoms with E-state index in [0.29, 0.717) is 0 Å². The minimum atomic E-state index is -0.193. The highest BCUT2D eigenvalue weighted by Crippen LogP contribution is 2.20.